The summed E-state index contributed by atoms with van der Waals surface area (Å²) >= 11 is 0. The van der Waals surface area contributed by atoms with Crippen molar-refractivity contribution in [2.24, 2.45) is 0 Å². The standard InChI is InChI=1S/C28H24N4O3/c1-34-21-15-20(30-26(16-21)28(33)35-2)17-29-18-8-7-9-19(14-18)31-27-22-10-3-5-12-24(22)32-25-13-6-4-11-23(25)27/h3-16,29H,17H2,1-2H3,(H,31,32). The maximum absolute atomic E-state index is 11.9. The van der Waals surface area contributed by atoms with E-state index >= 15 is 0 Å². The topological polar surface area (TPSA) is 85.4 Å². The van der Waals surface area contributed by atoms with Gasteiger partial charge in [-0.15, -0.1) is 0 Å². The molecule has 2 aromatic heterocycles. The summed E-state index contributed by atoms with van der Waals surface area (Å²) in [6, 6.07) is 27.6. The highest BCUT2D eigenvalue weighted by molar-refractivity contribution is 6.08. The smallest absolute Gasteiger partial charge is 0.356 e. The quantitative estimate of drug-likeness (QED) is 0.228. The van der Waals surface area contributed by atoms with Crippen LogP contribution < -0.4 is 15.4 Å². The zero-order valence-corrected chi connectivity index (χ0v) is 19.4. The number of para-hydroxylation sites is 2. The summed E-state index contributed by atoms with van der Waals surface area (Å²) in [6.07, 6.45) is 0. The van der Waals surface area contributed by atoms with Crippen LogP contribution in [0.1, 0.15) is 16.2 Å². The number of nitrogens with one attached hydrogen (secondary N) is 2. The van der Waals surface area contributed by atoms with Crippen molar-refractivity contribution in [3.63, 3.8) is 0 Å². The van der Waals surface area contributed by atoms with Crippen molar-refractivity contribution in [1.29, 1.82) is 0 Å². The molecule has 2 heterocycles. The van der Waals surface area contributed by atoms with E-state index in [4.69, 9.17) is 14.5 Å². The Morgan fingerprint density at radius 2 is 1.49 bits per heavy atom. The van der Waals surface area contributed by atoms with E-state index in [0.29, 0.717) is 18.0 Å². The van der Waals surface area contributed by atoms with E-state index in [0.717, 1.165) is 38.9 Å². The number of carbonyl (C=O) groups is 1. The highest BCUT2D eigenvalue weighted by Crippen LogP contribution is 2.33. The van der Waals surface area contributed by atoms with Gasteiger partial charge in [-0.25, -0.2) is 14.8 Å². The van der Waals surface area contributed by atoms with Crippen LogP contribution in [-0.4, -0.2) is 30.2 Å². The van der Waals surface area contributed by atoms with Gasteiger partial charge < -0.3 is 20.1 Å². The first-order valence-electron chi connectivity index (χ1n) is 11.2. The van der Waals surface area contributed by atoms with Gasteiger partial charge in [0.05, 0.1) is 43.2 Å². The van der Waals surface area contributed by atoms with Crippen molar-refractivity contribution in [3.8, 4) is 5.75 Å². The Morgan fingerprint density at radius 1 is 0.800 bits per heavy atom. The largest absolute Gasteiger partial charge is 0.497 e. The molecule has 0 amide bonds. The van der Waals surface area contributed by atoms with E-state index in [2.05, 4.69) is 27.8 Å². The van der Waals surface area contributed by atoms with Gasteiger partial charge in [0.1, 0.15) is 5.75 Å². The predicted octanol–water partition coefficient (Wildman–Crippen LogP) is 5.93. The minimum absolute atomic E-state index is 0.204. The number of hydrogen-bond donors (Lipinski definition) is 2. The van der Waals surface area contributed by atoms with Gasteiger partial charge in [0.25, 0.3) is 0 Å². The van der Waals surface area contributed by atoms with Crippen LogP contribution in [0.25, 0.3) is 21.8 Å². The Balaban J connectivity index is 1.42. The van der Waals surface area contributed by atoms with Crippen LogP contribution in [-0.2, 0) is 11.3 Å². The monoisotopic (exact) mass is 464 g/mol. The number of ether oxygens (including phenoxy) is 2. The first-order chi connectivity index (χ1) is 17.1. The molecule has 7 nitrogen and oxygen atoms in total. The third-order valence-electron chi connectivity index (χ3n) is 5.68. The van der Waals surface area contributed by atoms with Gasteiger partial charge in [-0.05, 0) is 30.3 Å². The summed E-state index contributed by atoms with van der Waals surface area (Å²) in [7, 11) is 2.88. The fourth-order valence-electron chi connectivity index (χ4n) is 4.00. The van der Waals surface area contributed by atoms with Gasteiger partial charge in [-0.1, -0.05) is 42.5 Å². The SMILES string of the molecule is COC(=O)c1cc(OC)cc(CNc2cccc(Nc3c4ccccc4nc4ccccc34)c2)n1. The third-order valence-corrected chi connectivity index (χ3v) is 5.68. The van der Waals surface area contributed by atoms with Crippen molar-refractivity contribution in [2.75, 3.05) is 24.9 Å². The van der Waals surface area contributed by atoms with Crippen molar-refractivity contribution in [1.82, 2.24) is 9.97 Å². The second kappa shape index (κ2) is 9.69. The average molecular weight is 465 g/mol. The number of anilines is 3. The second-order valence-electron chi connectivity index (χ2n) is 7.96. The first-order valence-corrected chi connectivity index (χ1v) is 11.2. The number of hydrogen-bond acceptors (Lipinski definition) is 7. The minimum Gasteiger partial charge on any atom is -0.497 e. The molecule has 0 atom stereocenters. The summed E-state index contributed by atoms with van der Waals surface area (Å²) in [6.45, 7) is 0.408. The minimum atomic E-state index is -0.506. The summed E-state index contributed by atoms with van der Waals surface area (Å²) in [5.41, 5.74) is 5.60. The van der Waals surface area contributed by atoms with Gasteiger partial charge in [-0.3, -0.25) is 0 Å². The second-order valence-corrected chi connectivity index (χ2v) is 7.96. The Bertz CT molecular complexity index is 1480. The van der Waals surface area contributed by atoms with E-state index in [-0.39, 0.29) is 5.69 Å². The number of rotatable bonds is 7. The van der Waals surface area contributed by atoms with Crippen molar-refractivity contribution in [3.05, 3.63) is 96.3 Å². The van der Waals surface area contributed by atoms with E-state index in [1.807, 2.05) is 60.7 Å². The lowest BCUT2D eigenvalue weighted by Gasteiger charge is -2.15. The van der Waals surface area contributed by atoms with Crippen molar-refractivity contribution in [2.45, 2.75) is 6.54 Å². The zero-order valence-electron chi connectivity index (χ0n) is 19.4. The van der Waals surface area contributed by atoms with Crippen LogP contribution in [0.15, 0.2) is 84.9 Å². The molecule has 174 valence electrons. The van der Waals surface area contributed by atoms with Crippen LogP contribution >= 0.6 is 0 Å². The van der Waals surface area contributed by atoms with E-state index in [1.54, 1.807) is 19.2 Å². The maximum atomic E-state index is 11.9. The van der Waals surface area contributed by atoms with Crippen LogP contribution in [0, 0.1) is 0 Å². The van der Waals surface area contributed by atoms with Gasteiger partial charge in [0.15, 0.2) is 5.69 Å². The third kappa shape index (κ3) is 4.70. The Labute approximate surface area is 202 Å². The summed E-state index contributed by atoms with van der Waals surface area (Å²) in [5, 5.41) is 9.09. The number of nitrogens with zero attached hydrogens (tertiary/aromatic N) is 2. The highest BCUT2D eigenvalue weighted by Gasteiger charge is 2.12. The molecule has 0 saturated heterocycles. The fourth-order valence-corrected chi connectivity index (χ4v) is 4.00. The van der Waals surface area contributed by atoms with Crippen molar-refractivity contribution >= 4 is 44.8 Å². The molecule has 0 aliphatic heterocycles. The molecule has 0 fully saturated rings. The van der Waals surface area contributed by atoms with E-state index < -0.39 is 5.97 Å². The Hall–Kier alpha value is -4.65. The molecule has 3 aromatic carbocycles. The lowest BCUT2D eigenvalue weighted by Crippen LogP contribution is -2.09. The number of methoxy groups -OCH3 is 2. The molecular formula is C28H24N4O3. The Morgan fingerprint density at radius 3 is 2.17 bits per heavy atom. The number of esters is 1. The molecule has 5 rings (SSSR count). The number of carbonyl (C=O) groups excluding carboxylic acids is 1. The zero-order chi connectivity index (χ0) is 24.2. The maximum Gasteiger partial charge on any atom is 0.356 e. The first kappa shape index (κ1) is 22.2. The summed E-state index contributed by atoms with van der Waals surface area (Å²) in [4.78, 5) is 21.1. The van der Waals surface area contributed by atoms with Gasteiger partial charge in [-0.2, -0.15) is 0 Å². The molecule has 0 unspecified atom stereocenters. The highest BCUT2D eigenvalue weighted by atomic mass is 16.5. The van der Waals surface area contributed by atoms with E-state index in [9.17, 15) is 4.79 Å². The van der Waals surface area contributed by atoms with Gasteiger partial charge >= 0.3 is 5.97 Å². The Kier molecular flexibility index (Phi) is 6.13. The molecule has 0 saturated carbocycles. The molecule has 7 heteroatoms. The number of fused-ring (bicyclic) bond motifs is 2. The predicted molar refractivity (Wildman–Crippen MR) is 138 cm³/mol. The lowest BCUT2D eigenvalue weighted by atomic mass is 10.1. The van der Waals surface area contributed by atoms with Crippen LogP contribution in [0.5, 0.6) is 5.75 Å². The molecular weight excluding hydrogens is 440 g/mol. The number of pyridine rings is 2. The molecule has 35 heavy (non-hydrogen) atoms. The molecule has 2 N–H and O–H groups in total. The number of benzene rings is 3. The summed E-state index contributed by atoms with van der Waals surface area (Å²) < 4.78 is 10.1. The molecule has 0 aliphatic carbocycles. The summed E-state index contributed by atoms with van der Waals surface area (Å²) in [5.74, 6) is 0.0391. The molecule has 0 radical (unpaired) electrons. The van der Waals surface area contributed by atoms with Gasteiger partial charge in [0.2, 0.25) is 0 Å². The molecule has 0 spiro atoms. The van der Waals surface area contributed by atoms with Gasteiger partial charge in [0, 0.05) is 34.3 Å². The van der Waals surface area contributed by atoms with Crippen molar-refractivity contribution < 1.29 is 14.3 Å². The van der Waals surface area contributed by atoms with Crippen LogP contribution in [0.3, 0.4) is 0 Å². The molecule has 0 aliphatic rings. The normalized spacial score (nSPS) is 10.8. The van der Waals surface area contributed by atoms with Crippen LogP contribution in [0.2, 0.25) is 0 Å². The molecule has 0 bridgehead atoms. The fraction of sp³-hybridized carbons (Fsp3) is 0.107. The van der Waals surface area contributed by atoms with E-state index in [1.165, 1.54) is 7.11 Å². The number of aromatic nitrogens is 2. The average Bonchev–Trinajstić information content (AvgIpc) is 2.91. The van der Waals surface area contributed by atoms with Crippen LogP contribution in [0.4, 0.5) is 17.1 Å². The lowest BCUT2D eigenvalue weighted by molar-refractivity contribution is 0.0593. The molecule has 5 aromatic rings.